The van der Waals surface area contributed by atoms with Gasteiger partial charge in [-0.1, -0.05) is 18.2 Å². The lowest BCUT2D eigenvalue weighted by molar-refractivity contribution is 0.102. The first-order chi connectivity index (χ1) is 8.58. The molecule has 2 aromatic carbocycles. The molecule has 0 atom stereocenters. The van der Waals surface area contributed by atoms with Gasteiger partial charge < -0.3 is 5.32 Å². The molecule has 2 nitrogen and oxygen atoms in total. The summed E-state index contributed by atoms with van der Waals surface area (Å²) in [7, 11) is 0. The van der Waals surface area contributed by atoms with E-state index in [2.05, 4.69) is 5.32 Å². The van der Waals surface area contributed by atoms with Gasteiger partial charge in [0.05, 0.1) is 5.69 Å². The minimum Gasteiger partial charge on any atom is -0.319 e. The number of para-hydroxylation sites is 1. The molecule has 3 heteroatoms. The maximum atomic E-state index is 13.4. The predicted molar refractivity (Wildman–Crippen MR) is 70.3 cm³/mol. The minimum absolute atomic E-state index is 0.195. The Labute approximate surface area is 105 Å². The maximum absolute atomic E-state index is 13.4. The summed E-state index contributed by atoms with van der Waals surface area (Å²) in [6, 6.07) is 11.5. The van der Waals surface area contributed by atoms with Crippen LogP contribution in [-0.4, -0.2) is 5.91 Å². The molecule has 0 aliphatic carbocycles. The zero-order valence-electron chi connectivity index (χ0n) is 10.3. The zero-order chi connectivity index (χ0) is 13.1. The highest BCUT2D eigenvalue weighted by Crippen LogP contribution is 2.15. The summed E-state index contributed by atoms with van der Waals surface area (Å²) in [6.45, 7) is 3.92. The van der Waals surface area contributed by atoms with E-state index in [9.17, 15) is 9.18 Å². The summed E-state index contributed by atoms with van der Waals surface area (Å²) in [4.78, 5) is 12.0. The van der Waals surface area contributed by atoms with E-state index in [4.69, 9.17) is 0 Å². The van der Waals surface area contributed by atoms with Crippen molar-refractivity contribution in [3.63, 3.8) is 0 Å². The van der Waals surface area contributed by atoms with Gasteiger partial charge in [-0.3, -0.25) is 4.79 Å². The lowest BCUT2D eigenvalue weighted by Crippen LogP contribution is -2.13. The van der Waals surface area contributed by atoms with Crippen LogP contribution < -0.4 is 5.32 Å². The number of anilines is 1. The van der Waals surface area contributed by atoms with Crippen molar-refractivity contribution in [2.75, 3.05) is 5.32 Å². The second-order valence-electron chi connectivity index (χ2n) is 4.23. The average molecular weight is 243 g/mol. The standard InChI is InChI=1S/C15H14FNO/c1-10-7-8-12(9-11(10)2)15(18)17-14-6-4-3-5-13(14)16/h3-9H,1-2H3,(H,17,18). The fourth-order valence-electron chi connectivity index (χ4n) is 1.64. The molecule has 0 bridgehead atoms. The molecule has 1 amide bonds. The largest absolute Gasteiger partial charge is 0.319 e. The van der Waals surface area contributed by atoms with Crippen LogP contribution in [0.3, 0.4) is 0 Å². The van der Waals surface area contributed by atoms with Gasteiger partial charge in [-0.15, -0.1) is 0 Å². The van der Waals surface area contributed by atoms with Crippen LogP contribution in [0.15, 0.2) is 42.5 Å². The number of hydrogen-bond acceptors (Lipinski definition) is 1. The van der Waals surface area contributed by atoms with Crippen LogP contribution in [0.1, 0.15) is 21.5 Å². The third-order valence-corrected chi connectivity index (χ3v) is 2.89. The molecule has 2 rings (SSSR count). The van der Waals surface area contributed by atoms with Crippen molar-refractivity contribution in [1.29, 1.82) is 0 Å². The predicted octanol–water partition coefficient (Wildman–Crippen LogP) is 3.69. The summed E-state index contributed by atoms with van der Waals surface area (Å²) in [5.74, 6) is -0.738. The van der Waals surface area contributed by atoms with Crippen LogP contribution in [0.5, 0.6) is 0 Å². The van der Waals surface area contributed by atoms with E-state index in [1.165, 1.54) is 12.1 Å². The van der Waals surface area contributed by atoms with Gasteiger partial charge >= 0.3 is 0 Å². The van der Waals surface area contributed by atoms with E-state index >= 15 is 0 Å². The zero-order valence-corrected chi connectivity index (χ0v) is 10.3. The van der Waals surface area contributed by atoms with Crippen molar-refractivity contribution in [2.45, 2.75) is 13.8 Å². The fraction of sp³-hybridized carbons (Fsp3) is 0.133. The van der Waals surface area contributed by atoms with Crippen molar-refractivity contribution < 1.29 is 9.18 Å². The molecule has 0 fully saturated rings. The Balaban J connectivity index is 2.22. The van der Waals surface area contributed by atoms with Crippen LogP contribution >= 0.6 is 0 Å². The van der Waals surface area contributed by atoms with Gasteiger partial charge in [0.2, 0.25) is 0 Å². The van der Waals surface area contributed by atoms with Gasteiger partial charge in [0.25, 0.3) is 5.91 Å². The molecule has 0 aliphatic heterocycles. The number of amides is 1. The van der Waals surface area contributed by atoms with Gasteiger partial charge in [-0.25, -0.2) is 4.39 Å². The second kappa shape index (κ2) is 5.00. The number of aryl methyl sites for hydroxylation is 2. The summed E-state index contributed by atoms with van der Waals surface area (Å²) in [5, 5.41) is 2.56. The lowest BCUT2D eigenvalue weighted by atomic mass is 10.1. The Kier molecular flexibility index (Phi) is 3.42. The SMILES string of the molecule is Cc1ccc(C(=O)Nc2ccccc2F)cc1C. The number of carbonyl (C=O) groups excluding carboxylic acids is 1. The van der Waals surface area contributed by atoms with E-state index < -0.39 is 5.82 Å². The third-order valence-electron chi connectivity index (χ3n) is 2.89. The number of hydrogen-bond donors (Lipinski definition) is 1. The Hall–Kier alpha value is -2.16. The molecule has 18 heavy (non-hydrogen) atoms. The number of rotatable bonds is 2. The molecule has 0 saturated carbocycles. The van der Waals surface area contributed by atoms with E-state index in [0.29, 0.717) is 5.56 Å². The Morgan fingerprint density at radius 1 is 1.06 bits per heavy atom. The highest BCUT2D eigenvalue weighted by atomic mass is 19.1. The van der Waals surface area contributed by atoms with E-state index in [1.54, 1.807) is 24.3 Å². The van der Waals surface area contributed by atoms with Crippen molar-refractivity contribution in [1.82, 2.24) is 0 Å². The normalized spacial score (nSPS) is 10.2. The molecular formula is C15H14FNO. The topological polar surface area (TPSA) is 29.1 Å². The molecule has 0 saturated heterocycles. The molecule has 0 aromatic heterocycles. The maximum Gasteiger partial charge on any atom is 0.255 e. The Morgan fingerprint density at radius 3 is 2.44 bits per heavy atom. The molecular weight excluding hydrogens is 229 g/mol. The summed E-state index contributed by atoms with van der Waals surface area (Å²) < 4.78 is 13.4. The quantitative estimate of drug-likeness (QED) is 0.856. The molecule has 2 aromatic rings. The first-order valence-corrected chi connectivity index (χ1v) is 5.71. The van der Waals surface area contributed by atoms with Crippen molar-refractivity contribution in [2.24, 2.45) is 0 Å². The van der Waals surface area contributed by atoms with Crippen LogP contribution in [-0.2, 0) is 0 Å². The molecule has 0 radical (unpaired) electrons. The van der Waals surface area contributed by atoms with Gasteiger partial charge in [0.1, 0.15) is 5.82 Å². The first kappa shape index (κ1) is 12.3. The highest BCUT2D eigenvalue weighted by molar-refractivity contribution is 6.04. The van der Waals surface area contributed by atoms with Crippen molar-refractivity contribution >= 4 is 11.6 Å². The van der Waals surface area contributed by atoms with Gasteiger partial charge in [0.15, 0.2) is 0 Å². The molecule has 0 spiro atoms. The third kappa shape index (κ3) is 2.56. The van der Waals surface area contributed by atoms with E-state index in [0.717, 1.165) is 11.1 Å². The van der Waals surface area contributed by atoms with Crippen molar-refractivity contribution in [3.8, 4) is 0 Å². The molecule has 0 aliphatic rings. The number of halogens is 1. The molecule has 92 valence electrons. The van der Waals surface area contributed by atoms with Crippen molar-refractivity contribution in [3.05, 3.63) is 65.0 Å². The van der Waals surface area contributed by atoms with Gasteiger partial charge in [-0.05, 0) is 49.2 Å². The number of nitrogens with one attached hydrogen (secondary N) is 1. The van der Waals surface area contributed by atoms with Gasteiger partial charge in [-0.2, -0.15) is 0 Å². The molecule has 1 N–H and O–H groups in total. The summed E-state index contributed by atoms with van der Waals surface area (Å²) in [6.07, 6.45) is 0. The molecule has 0 unspecified atom stereocenters. The van der Waals surface area contributed by atoms with E-state index in [-0.39, 0.29) is 11.6 Å². The number of carbonyl (C=O) groups is 1. The van der Waals surface area contributed by atoms with Crippen LogP contribution in [0, 0.1) is 19.7 Å². The minimum atomic E-state index is -0.435. The van der Waals surface area contributed by atoms with Gasteiger partial charge in [0, 0.05) is 5.56 Å². The lowest BCUT2D eigenvalue weighted by Gasteiger charge is -2.07. The summed E-state index contributed by atoms with van der Waals surface area (Å²) >= 11 is 0. The smallest absolute Gasteiger partial charge is 0.255 e. The second-order valence-corrected chi connectivity index (χ2v) is 4.23. The van der Waals surface area contributed by atoms with Crippen LogP contribution in [0.4, 0.5) is 10.1 Å². The van der Waals surface area contributed by atoms with Crippen LogP contribution in [0.2, 0.25) is 0 Å². The monoisotopic (exact) mass is 243 g/mol. The Bertz CT molecular complexity index is 593. The Morgan fingerprint density at radius 2 is 1.78 bits per heavy atom. The van der Waals surface area contributed by atoms with Crippen LogP contribution in [0.25, 0.3) is 0 Å². The average Bonchev–Trinajstić information content (AvgIpc) is 2.35. The first-order valence-electron chi connectivity index (χ1n) is 5.71. The summed E-state index contributed by atoms with van der Waals surface area (Å²) in [5.41, 5.74) is 2.88. The highest BCUT2D eigenvalue weighted by Gasteiger charge is 2.09. The molecule has 0 heterocycles. The number of benzene rings is 2. The fourth-order valence-corrected chi connectivity index (χ4v) is 1.64. The van der Waals surface area contributed by atoms with E-state index in [1.807, 2.05) is 19.9 Å².